The van der Waals surface area contributed by atoms with Crippen molar-refractivity contribution >= 4 is 41.0 Å². The van der Waals surface area contributed by atoms with Crippen LogP contribution in [0.25, 0.3) is 0 Å². The van der Waals surface area contributed by atoms with Crippen molar-refractivity contribution in [2.75, 3.05) is 14.2 Å². The Morgan fingerprint density at radius 1 is 0.846 bits per heavy atom. The molecule has 13 nitrogen and oxygen atoms in total. The van der Waals surface area contributed by atoms with Crippen molar-refractivity contribution in [2.45, 2.75) is 104 Å². The summed E-state index contributed by atoms with van der Waals surface area (Å²) in [4.78, 5) is 95.7. The van der Waals surface area contributed by atoms with Crippen LogP contribution in [0, 0.1) is 17.8 Å². The summed E-state index contributed by atoms with van der Waals surface area (Å²) in [5, 5.41) is 2.89. The van der Waals surface area contributed by atoms with E-state index in [2.05, 4.69) is 15.0 Å². The van der Waals surface area contributed by atoms with Gasteiger partial charge >= 0.3 is 17.9 Å². The first-order valence-electron chi connectivity index (χ1n) is 17.8. The van der Waals surface area contributed by atoms with Gasteiger partial charge in [-0.2, -0.15) is 0 Å². The van der Waals surface area contributed by atoms with Crippen LogP contribution in [0.3, 0.4) is 0 Å². The second kappa shape index (κ2) is 20.9. The second-order valence-electron chi connectivity index (χ2n) is 13.3. The number of ether oxygens (including phenoxy) is 4. The maximum Gasteiger partial charge on any atom is 0.311 e. The summed E-state index contributed by atoms with van der Waals surface area (Å²) in [6, 6.07) is 8.94. The third kappa shape index (κ3) is 12.2. The average Bonchev–Trinajstić information content (AvgIpc) is 3.16. The quantitative estimate of drug-likeness (QED) is 0.129. The number of pyridine rings is 1. The summed E-state index contributed by atoms with van der Waals surface area (Å²) in [5.74, 6) is -7.78. The van der Waals surface area contributed by atoms with Crippen molar-refractivity contribution in [3.63, 3.8) is 0 Å². The van der Waals surface area contributed by atoms with Crippen molar-refractivity contribution in [3.05, 3.63) is 53.9 Å². The highest BCUT2D eigenvalue weighted by Gasteiger charge is 2.46. The summed E-state index contributed by atoms with van der Waals surface area (Å²) in [7, 11) is 2.76. The van der Waals surface area contributed by atoms with Crippen LogP contribution < -0.4 is 14.8 Å². The van der Waals surface area contributed by atoms with Crippen LogP contribution in [-0.2, 0) is 56.0 Å². The number of carbonyl (C=O) groups is 7. The van der Waals surface area contributed by atoms with Gasteiger partial charge in [0.1, 0.15) is 11.8 Å². The number of methoxy groups -OCH3 is 2. The minimum Gasteiger partial charge on any atom is -0.493 e. The van der Waals surface area contributed by atoms with Crippen molar-refractivity contribution in [1.29, 1.82) is 0 Å². The molecule has 0 radical (unpaired) electrons. The standard InChI is InChI=1S/C39H50N2O11/c1-24(2)39(48)52-37-25(3)34(45)36(47)28(22-30(42)35(46)27(37)21-26-15-11-10-12-16-26)41-23-29-38(31(49-4)19-20-40-29)51-33(44)18-14-9-7-6-8-13-17-32(43)50-5/h10-12,15-16,19-20,24-25,27-28,37,41H,6-9,13-14,17-18,21-23H2,1-5H3/t25-,27+,28+,37-/m1/s1. The number of nitrogens with zero attached hydrogens (tertiary/aromatic N) is 1. The van der Waals surface area contributed by atoms with E-state index in [0.717, 1.165) is 32.1 Å². The highest BCUT2D eigenvalue weighted by atomic mass is 16.6. The maximum atomic E-state index is 13.8. The van der Waals surface area contributed by atoms with Gasteiger partial charge in [-0.1, -0.05) is 76.8 Å². The molecular formula is C39H50N2O11. The molecule has 1 heterocycles. The number of aromatic nitrogens is 1. The molecule has 1 saturated carbocycles. The van der Waals surface area contributed by atoms with Crippen molar-refractivity contribution in [1.82, 2.24) is 10.3 Å². The number of rotatable bonds is 18. The third-order valence-corrected chi connectivity index (χ3v) is 9.02. The highest BCUT2D eigenvalue weighted by Crippen LogP contribution is 2.31. The van der Waals surface area contributed by atoms with Gasteiger partial charge in [-0.05, 0) is 24.8 Å². The molecule has 1 N–H and O–H groups in total. The monoisotopic (exact) mass is 722 g/mol. The minimum absolute atomic E-state index is 0.0187. The third-order valence-electron chi connectivity index (χ3n) is 9.02. The number of esters is 3. The van der Waals surface area contributed by atoms with Crippen LogP contribution in [0.4, 0.5) is 0 Å². The van der Waals surface area contributed by atoms with E-state index in [-0.39, 0.29) is 42.5 Å². The topological polar surface area (TPSA) is 181 Å². The molecule has 1 aliphatic rings. The van der Waals surface area contributed by atoms with Crippen molar-refractivity contribution < 1.29 is 52.5 Å². The largest absolute Gasteiger partial charge is 0.493 e. The zero-order chi connectivity index (χ0) is 38.2. The van der Waals surface area contributed by atoms with E-state index in [0.29, 0.717) is 18.4 Å². The van der Waals surface area contributed by atoms with Gasteiger partial charge in [-0.25, -0.2) is 0 Å². The lowest BCUT2D eigenvalue weighted by molar-refractivity contribution is -0.163. The SMILES string of the molecule is COC(=O)CCCCCCCCC(=O)Oc1c(OC)ccnc1CN[C@H]1CC(=O)C(=O)[C@H](Cc2ccccc2)[C@H](OC(=O)C(C)C)[C@H](C)C(=O)C1=O. The van der Waals surface area contributed by atoms with Gasteiger partial charge in [0.25, 0.3) is 0 Å². The predicted molar refractivity (Wildman–Crippen MR) is 188 cm³/mol. The summed E-state index contributed by atoms with van der Waals surface area (Å²) in [5.41, 5.74) is 0.869. The van der Waals surface area contributed by atoms with E-state index in [1.165, 1.54) is 33.4 Å². The smallest absolute Gasteiger partial charge is 0.311 e. The van der Waals surface area contributed by atoms with Crippen molar-refractivity contribution in [3.8, 4) is 11.5 Å². The maximum absolute atomic E-state index is 13.8. The Morgan fingerprint density at radius 2 is 1.48 bits per heavy atom. The van der Waals surface area contributed by atoms with E-state index in [1.54, 1.807) is 44.2 Å². The van der Waals surface area contributed by atoms with E-state index >= 15 is 0 Å². The first kappa shape index (κ1) is 41.6. The molecular weight excluding hydrogens is 672 g/mol. The predicted octanol–water partition coefficient (Wildman–Crippen LogP) is 4.49. The Bertz CT molecular complexity index is 1570. The Morgan fingerprint density at radius 3 is 2.10 bits per heavy atom. The Balaban J connectivity index is 1.74. The fourth-order valence-corrected chi connectivity index (χ4v) is 5.92. The molecule has 2 aromatic rings. The van der Waals surface area contributed by atoms with E-state index in [9.17, 15) is 33.6 Å². The van der Waals surface area contributed by atoms with E-state index < -0.39 is 71.4 Å². The molecule has 1 aromatic carbocycles. The first-order valence-corrected chi connectivity index (χ1v) is 17.8. The normalized spacial score (nSPS) is 19.4. The second-order valence-corrected chi connectivity index (χ2v) is 13.3. The number of Topliss-reactive ketones (excluding diaryl/α,β-unsaturated/α-hetero) is 4. The molecule has 1 aromatic heterocycles. The number of nitrogens with one attached hydrogen (secondary N) is 1. The summed E-state index contributed by atoms with van der Waals surface area (Å²) in [6.07, 6.45) is 4.81. The lowest BCUT2D eigenvalue weighted by Gasteiger charge is -2.29. The molecule has 1 fully saturated rings. The molecule has 0 bridgehead atoms. The number of benzene rings is 1. The van der Waals surface area contributed by atoms with Gasteiger partial charge in [-0.15, -0.1) is 0 Å². The van der Waals surface area contributed by atoms with Crippen LogP contribution in [0.1, 0.15) is 89.8 Å². The minimum atomic E-state index is -1.41. The number of hydrogen-bond donors (Lipinski definition) is 1. The Labute approximate surface area is 304 Å². The van der Waals surface area contributed by atoms with E-state index in [4.69, 9.17) is 14.2 Å². The van der Waals surface area contributed by atoms with E-state index in [1.807, 2.05) is 0 Å². The number of hydrogen-bond acceptors (Lipinski definition) is 13. The molecule has 282 valence electrons. The van der Waals surface area contributed by atoms with Gasteiger partial charge in [0.15, 0.2) is 11.5 Å². The molecule has 0 aliphatic heterocycles. The van der Waals surface area contributed by atoms with Gasteiger partial charge in [0, 0.05) is 38.1 Å². The summed E-state index contributed by atoms with van der Waals surface area (Å²) in [6.45, 7) is 4.41. The van der Waals surface area contributed by atoms with Crippen LogP contribution in [0.2, 0.25) is 0 Å². The zero-order valence-corrected chi connectivity index (χ0v) is 30.6. The average molecular weight is 723 g/mol. The fourth-order valence-electron chi connectivity index (χ4n) is 5.92. The highest BCUT2D eigenvalue weighted by molar-refractivity contribution is 6.44. The fraction of sp³-hybridized carbons (Fsp3) is 0.538. The van der Waals surface area contributed by atoms with Gasteiger partial charge in [0.2, 0.25) is 23.1 Å². The molecule has 1 aliphatic carbocycles. The molecule has 4 atom stereocenters. The summed E-state index contributed by atoms with van der Waals surface area (Å²) >= 11 is 0. The Hall–Kier alpha value is -4.78. The molecule has 0 amide bonds. The van der Waals surface area contributed by atoms with Crippen LogP contribution >= 0.6 is 0 Å². The first-order chi connectivity index (χ1) is 24.9. The number of unbranched alkanes of at least 4 members (excludes halogenated alkanes) is 5. The lowest BCUT2D eigenvalue weighted by Crippen LogP contribution is -2.46. The van der Waals surface area contributed by atoms with Crippen LogP contribution in [0.5, 0.6) is 11.5 Å². The lowest BCUT2D eigenvalue weighted by atomic mass is 9.81. The van der Waals surface area contributed by atoms with Crippen LogP contribution in [0.15, 0.2) is 42.6 Å². The number of ketones is 4. The van der Waals surface area contributed by atoms with Crippen LogP contribution in [-0.4, -0.2) is 72.4 Å². The van der Waals surface area contributed by atoms with Gasteiger partial charge in [0.05, 0.1) is 38.0 Å². The number of carbonyl (C=O) groups excluding carboxylic acids is 7. The van der Waals surface area contributed by atoms with Crippen molar-refractivity contribution in [2.24, 2.45) is 17.8 Å². The molecule has 13 heteroatoms. The van der Waals surface area contributed by atoms with Gasteiger partial charge < -0.3 is 24.3 Å². The van der Waals surface area contributed by atoms with Gasteiger partial charge in [-0.3, -0.25) is 38.5 Å². The molecule has 0 saturated heterocycles. The molecule has 0 unspecified atom stereocenters. The zero-order valence-electron chi connectivity index (χ0n) is 30.6. The Kier molecular flexibility index (Phi) is 16.7. The molecule has 3 rings (SSSR count). The molecule has 52 heavy (non-hydrogen) atoms. The summed E-state index contributed by atoms with van der Waals surface area (Å²) < 4.78 is 21.4. The molecule has 0 spiro atoms.